The van der Waals surface area contributed by atoms with E-state index < -0.39 is 11.9 Å². The minimum absolute atomic E-state index is 0.103. The summed E-state index contributed by atoms with van der Waals surface area (Å²) in [6.45, 7) is 3.38. The fourth-order valence-corrected chi connectivity index (χ4v) is 1.67. The molecular formula is C12H17ClFNO. The highest BCUT2D eigenvalue weighted by atomic mass is 35.5. The molecule has 2 nitrogen and oxygen atoms in total. The molecule has 16 heavy (non-hydrogen) atoms. The number of aliphatic hydroxyl groups is 1. The maximum absolute atomic E-state index is 13.5. The Morgan fingerprint density at radius 1 is 1.50 bits per heavy atom. The molecule has 0 heterocycles. The molecule has 0 aliphatic rings. The van der Waals surface area contributed by atoms with Gasteiger partial charge in [-0.1, -0.05) is 30.7 Å². The van der Waals surface area contributed by atoms with Crippen LogP contribution in [0.1, 0.15) is 18.9 Å². The van der Waals surface area contributed by atoms with Crippen molar-refractivity contribution in [2.75, 3.05) is 13.1 Å². The smallest absolute Gasteiger partial charge is 0.145 e. The van der Waals surface area contributed by atoms with Gasteiger partial charge in [-0.3, -0.25) is 0 Å². The zero-order valence-electron chi connectivity index (χ0n) is 9.34. The molecular weight excluding hydrogens is 229 g/mol. The number of halogens is 2. The summed E-state index contributed by atoms with van der Waals surface area (Å²) in [7, 11) is 0. The van der Waals surface area contributed by atoms with Crippen molar-refractivity contribution >= 4 is 11.6 Å². The first-order chi connectivity index (χ1) is 7.65. The first-order valence-electron chi connectivity index (χ1n) is 5.46. The molecule has 0 amide bonds. The molecule has 0 fully saturated rings. The average Bonchev–Trinajstić information content (AvgIpc) is 2.25. The van der Waals surface area contributed by atoms with Crippen LogP contribution >= 0.6 is 11.6 Å². The molecule has 0 saturated carbocycles. The lowest BCUT2D eigenvalue weighted by molar-refractivity contribution is 0.171. The Kier molecular flexibility index (Phi) is 5.74. The number of aliphatic hydroxyl groups excluding tert-OH is 1. The van der Waals surface area contributed by atoms with Crippen LogP contribution in [0.4, 0.5) is 4.39 Å². The first-order valence-corrected chi connectivity index (χ1v) is 5.84. The average molecular weight is 246 g/mol. The summed E-state index contributed by atoms with van der Waals surface area (Å²) in [5, 5.41) is 12.9. The van der Waals surface area contributed by atoms with E-state index in [-0.39, 0.29) is 11.4 Å². The third kappa shape index (κ3) is 4.08. The fourth-order valence-electron chi connectivity index (χ4n) is 1.48. The summed E-state index contributed by atoms with van der Waals surface area (Å²) in [5.74, 6) is -0.432. The second-order valence-corrected chi connectivity index (χ2v) is 4.18. The van der Waals surface area contributed by atoms with Crippen LogP contribution in [0.5, 0.6) is 0 Å². The summed E-state index contributed by atoms with van der Waals surface area (Å²) in [6, 6.07) is 4.83. The van der Waals surface area contributed by atoms with Crippen molar-refractivity contribution in [3.8, 4) is 0 Å². The molecule has 0 saturated heterocycles. The lowest BCUT2D eigenvalue weighted by atomic mass is 10.1. The molecule has 1 aromatic rings. The summed E-state index contributed by atoms with van der Waals surface area (Å²) in [5.41, 5.74) is 0.457. The van der Waals surface area contributed by atoms with Gasteiger partial charge in [0.15, 0.2) is 0 Å². The van der Waals surface area contributed by atoms with E-state index in [4.69, 9.17) is 11.6 Å². The maximum atomic E-state index is 13.5. The minimum atomic E-state index is -0.584. The van der Waals surface area contributed by atoms with Crippen LogP contribution in [-0.4, -0.2) is 24.3 Å². The van der Waals surface area contributed by atoms with Gasteiger partial charge in [0, 0.05) is 13.0 Å². The molecule has 0 bridgehead atoms. The topological polar surface area (TPSA) is 32.3 Å². The largest absolute Gasteiger partial charge is 0.391 e. The quantitative estimate of drug-likeness (QED) is 0.755. The van der Waals surface area contributed by atoms with E-state index in [1.807, 2.05) is 0 Å². The second-order valence-electron chi connectivity index (χ2n) is 3.78. The number of rotatable bonds is 6. The molecule has 0 spiro atoms. The SMILES string of the molecule is CCCNCC(O)Cc1cccc(Cl)c1F. The summed E-state index contributed by atoms with van der Waals surface area (Å²) >= 11 is 5.65. The van der Waals surface area contributed by atoms with E-state index in [0.29, 0.717) is 12.1 Å². The highest BCUT2D eigenvalue weighted by Crippen LogP contribution is 2.18. The third-order valence-electron chi connectivity index (χ3n) is 2.29. The third-order valence-corrected chi connectivity index (χ3v) is 2.59. The minimum Gasteiger partial charge on any atom is -0.391 e. The van der Waals surface area contributed by atoms with E-state index in [1.165, 1.54) is 6.07 Å². The van der Waals surface area contributed by atoms with Crippen molar-refractivity contribution in [1.29, 1.82) is 0 Å². The molecule has 1 atom stereocenters. The van der Waals surface area contributed by atoms with Crippen molar-refractivity contribution in [3.05, 3.63) is 34.6 Å². The van der Waals surface area contributed by atoms with Gasteiger partial charge in [-0.2, -0.15) is 0 Å². The zero-order chi connectivity index (χ0) is 12.0. The molecule has 1 unspecified atom stereocenters. The van der Waals surface area contributed by atoms with Gasteiger partial charge in [0.1, 0.15) is 5.82 Å². The zero-order valence-corrected chi connectivity index (χ0v) is 10.1. The molecule has 0 radical (unpaired) electrons. The van der Waals surface area contributed by atoms with E-state index >= 15 is 0 Å². The Labute approximate surface area is 100 Å². The Balaban J connectivity index is 2.49. The van der Waals surface area contributed by atoms with Gasteiger partial charge in [-0.15, -0.1) is 0 Å². The van der Waals surface area contributed by atoms with Crippen LogP contribution < -0.4 is 5.32 Å². The predicted octanol–water partition coefficient (Wildman–Crippen LogP) is 2.38. The lowest BCUT2D eigenvalue weighted by Gasteiger charge is -2.12. The van der Waals surface area contributed by atoms with Crippen molar-refractivity contribution < 1.29 is 9.50 Å². The number of hydrogen-bond donors (Lipinski definition) is 2. The van der Waals surface area contributed by atoms with E-state index in [0.717, 1.165) is 13.0 Å². The Bertz CT molecular complexity index is 333. The standard InChI is InChI=1S/C12H17ClFNO/c1-2-6-15-8-10(16)7-9-4-3-5-11(13)12(9)14/h3-5,10,15-16H,2,6-8H2,1H3. The molecule has 2 N–H and O–H groups in total. The van der Waals surface area contributed by atoms with Crippen LogP contribution in [0.15, 0.2) is 18.2 Å². The van der Waals surface area contributed by atoms with Crippen LogP contribution in [0, 0.1) is 5.82 Å². The summed E-state index contributed by atoms with van der Waals surface area (Å²) < 4.78 is 13.5. The Hall–Kier alpha value is -0.640. The van der Waals surface area contributed by atoms with Gasteiger partial charge < -0.3 is 10.4 Å². The Morgan fingerprint density at radius 2 is 2.25 bits per heavy atom. The summed E-state index contributed by atoms with van der Waals surface area (Å²) in [4.78, 5) is 0. The molecule has 1 rings (SSSR count). The second kappa shape index (κ2) is 6.84. The number of hydrogen-bond acceptors (Lipinski definition) is 2. The van der Waals surface area contributed by atoms with Gasteiger partial charge >= 0.3 is 0 Å². The first kappa shape index (κ1) is 13.4. The van der Waals surface area contributed by atoms with E-state index in [2.05, 4.69) is 12.2 Å². The van der Waals surface area contributed by atoms with Crippen LogP contribution in [0.3, 0.4) is 0 Å². The van der Waals surface area contributed by atoms with Gasteiger partial charge in [0.05, 0.1) is 11.1 Å². The number of nitrogens with one attached hydrogen (secondary N) is 1. The lowest BCUT2D eigenvalue weighted by Crippen LogP contribution is -2.29. The molecule has 0 aromatic heterocycles. The van der Waals surface area contributed by atoms with Crippen LogP contribution in [0.25, 0.3) is 0 Å². The highest BCUT2D eigenvalue weighted by molar-refractivity contribution is 6.30. The highest BCUT2D eigenvalue weighted by Gasteiger charge is 2.10. The maximum Gasteiger partial charge on any atom is 0.145 e. The molecule has 90 valence electrons. The fraction of sp³-hybridized carbons (Fsp3) is 0.500. The van der Waals surface area contributed by atoms with Gasteiger partial charge in [0.25, 0.3) is 0 Å². The van der Waals surface area contributed by atoms with Crippen LogP contribution in [0.2, 0.25) is 5.02 Å². The monoisotopic (exact) mass is 245 g/mol. The van der Waals surface area contributed by atoms with Crippen LogP contribution in [-0.2, 0) is 6.42 Å². The van der Waals surface area contributed by atoms with Crippen molar-refractivity contribution in [2.45, 2.75) is 25.9 Å². The van der Waals surface area contributed by atoms with E-state index in [1.54, 1.807) is 12.1 Å². The normalized spacial score (nSPS) is 12.8. The molecule has 0 aliphatic heterocycles. The number of benzene rings is 1. The van der Waals surface area contributed by atoms with Gasteiger partial charge in [-0.25, -0.2) is 4.39 Å². The van der Waals surface area contributed by atoms with Gasteiger partial charge in [-0.05, 0) is 24.6 Å². The summed E-state index contributed by atoms with van der Waals surface area (Å²) in [6.07, 6.45) is 0.709. The molecule has 4 heteroatoms. The predicted molar refractivity (Wildman–Crippen MR) is 64.3 cm³/mol. The van der Waals surface area contributed by atoms with Crippen molar-refractivity contribution in [1.82, 2.24) is 5.32 Å². The molecule has 0 aliphatic carbocycles. The van der Waals surface area contributed by atoms with Gasteiger partial charge in [0.2, 0.25) is 0 Å². The van der Waals surface area contributed by atoms with E-state index in [9.17, 15) is 9.50 Å². The Morgan fingerprint density at radius 3 is 2.94 bits per heavy atom. The van der Waals surface area contributed by atoms with Crippen molar-refractivity contribution in [2.24, 2.45) is 0 Å². The molecule has 1 aromatic carbocycles. The van der Waals surface area contributed by atoms with Crippen molar-refractivity contribution in [3.63, 3.8) is 0 Å².